The molecule has 0 aliphatic carbocycles. The van der Waals surface area contributed by atoms with Crippen LogP contribution in [0.5, 0.6) is 5.75 Å². The standard InChI is InChI=1S/C18H17N3O2S/c1-12(22)14-8-9-16(23-2)15(10-14)11-24-18-19-17(20-21-18)13-6-4-3-5-7-13/h3-10H,11H2,1-2H3,(H,19,20,21). The maximum Gasteiger partial charge on any atom is 0.209 e. The molecule has 3 rings (SSSR count). The number of aromatic amines is 1. The summed E-state index contributed by atoms with van der Waals surface area (Å²) in [4.78, 5) is 16.1. The molecule has 2 aromatic carbocycles. The van der Waals surface area contributed by atoms with Crippen molar-refractivity contribution in [2.45, 2.75) is 17.8 Å². The Bertz CT molecular complexity index is 846. The number of H-pyrrole nitrogens is 1. The van der Waals surface area contributed by atoms with E-state index >= 15 is 0 Å². The van der Waals surface area contributed by atoms with Gasteiger partial charge in [-0.05, 0) is 25.1 Å². The Morgan fingerprint density at radius 1 is 1.21 bits per heavy atom. The third-order valence-electron chi connectivity index (χ3n) is 3.56. The van der Waals surface area contributed by atoms with Gasteiger partial charge < -0.3 is 4.74 Å². The molecule has 0 saturated heterocycles. The normalized spacial score (nSPS) is 10.6. The first-order valence-electron chi connectivity index (χ1n) is 7.46. The summed E-state index contributed by atoms with van der Waals surface area (Å²) in [6.07, 6.45) is 0. The molecule has 1 aromatic heterocycles. The lowest BCUT2D eigenvalue weighted by Gasteiger charge is -2.08. The first-order chi connectivity index (χ1) is 11.7. The van der Waals surface area contributed by atoms with Crippen molar-refractivity contribution in [3.63, 3.8) is 0 Å². The molecule has 1 N–H and O–H groups in total. The lowest BCUT2D eigenvalue weighted by atomic mass is 10.1. The first kappa shape index (κ1) is 16.3. The third kappa shape index (κ3) is 3.65. The van der Waals surface area contributed by atoms with Gasteiger partial charge in [0.2, 0.25) is 5.16 Å². The smallest absolute Gasteiger partial charge is 0.209 e. The van der Waals surface area contributed by atoms with Crippen LogP contribution < -0.4 is 4.74 Å². The van der Waals surface area contributed by atoms with Gasteiger partial charge in [0.1, 0.15) is 5.75 Å². The summed E-state index contributed by atoms with van der Waals surface area (Å²) in [6, 6.07) is 15.3. The zero-order chi connectivity index (χ0) is 16.9. The second kappa shape index (κ2) is 7.31. The Kier molecular flexibility index (Phi) is 4.96. The van der Waals surface area contributed by atoms with Crippen LogP contribution in [-0.2, 0) is 5.75 Å². The molecule has 0 radical (unpaired) electrons. The van der Waals surface area contributed by atoms with Crippen LogP contribution in [0, 0.1) is 0 Å². The molecule has 0 bridgehead atoms. The number of rotatable bonds is 6. The van der Waals surface area contributed by atoms with Gasteiger partial charge in [0.25, 0.3) is 0 Å². The average molecular weight is 339 g/mol. The van der Waals surface area contributed by atoms with E-state index in [1.807, 2.05) is 42.5 Å². The maximum atomic E-state index is 11.6. The van der Waals surface area contributed by atoms with Crippen LogP contribution in [0.15, 0.2) is 53.7 Å². The van der Waals surface area contributed by atoms with Crippen LogP contribution in [0.25, 0.3) is 11.4 Å². The van der Waals surface area contributed by atoms with E-state index in [0.29, 0.717) is 16.5 Å². The Morgan fingerprint density at radius 3 is 2.71 bits per heavy atom. The summed E-state index contributed by atoms with van der Waals surface area (Å²) in [7, 11) is 1.62. The van der Waals surface area contributed by atoms with Crippen molar-refractivity contribution in [2.24, 2.45) is 0 Å². The number of methoxy groups -OCH3 is 1. The molecule has 0 spiro atoms. The van der Waals surface area contributed by atoms with Crippen LogP contribution in [0.1, 0.15) is 22.8 Å². The van der Waals surface area contributed by atoms with Crippen molar-refractivity contribution < 1.29 is 9.53 Å². The minimum absolute atomic E-state index is 0.0353. The number of thioether (sulfide) groups is 1. The molecule has 5 nitrogen and oxygen atoms in total. The summed E-state index contributed by atoms with van der Waals surface area (Å²) >= 11 is 1.49. The molecule has 6 heteroatoms. The van der Waals surface area contributed by atoms with E-state index in [0.717, 1.165) is 22.7 Å². The predicted molar refractivity (Wildman–Crippen MR) is 94.4 cm³/mol. The number of ether oxygens (including phenoxy) is 1. The van der Waals surface area contributed by atoms with Gasteiger partial charge in [-0.25, -0.2) is 4.98 Å². The molecular formula is C18H17N3O2S. The third-order valence-corrected chi connectivity index (χ3v) is 4.45. The molecule has 0 fully saturated rings. The predicted octanol–water partition coefficient (Wildman–Crippen LogP) is 3.98. The van der Waals surface area contributed by atoms with E-state index in [-0.39, 0.29) is 5.78 Å². The van der Waals surface area contributed by atoms with Crippen LogP contribution >= 0.6 is 11.8 Å². The lowest BCUT2D eigenvalue weighted by molar-refractivity contribution is 0.101. The highest BCUT2D eigenvalue weighted by molar-refractivity contribution is 7.98. The van der Waals surface area contributed by atoms with E-state index in [4.69, 9.17) is 4.74 Å². The van der Waals surface area contributed by atoms with Crippen LogP contribution in [0.2, 0.25) is 0 Å². The first-order valence-corrected chi connectivity index (χ1v) is 8.44. The molecule has 122 valence electrons. The van der Waals surface area contributed by atoms with E-state index < -0.39 is 0 Å². The number of nitrogens with zero attached hydrogens (tertiary/aromatic N) is 2. The van der Waals surface area contributed by atoms with Gasteiger partial charge in [0.05, 0.1) is 7.11 Å². The van der Waals surface area contributed by atoms with Crippen molar-refractivity contribution in [3.8, 4) is 17.1 Å². The van der Waals surface area contributed by atoms with Gasteiger partial charge in [-0.2, -0.15) is 0 Å². The molecule has 3 aromatic rings. The van der Waals surface area contributed by atoms with E-state index in [2.05, 4.69) is 15.2 Å². The quantitative estimate of drug-likeness (QED) is 0.543. The number of nitrogens with one attached hydrogen (secondary N) is 1. The second-order valence-corrected chi connectivity index (χ2v) is 6.15. The van der Waals surface area contributed by atoms with Gasteiger partial charge in [-0.3, -0.25) is 9.89 Å². The minimum Gasteiger partial charge on any atom is -0.496 e. The zero-order valence-electron chi connectivity index (χ0n) is 13.4. The number of carbonyl (C=O) groups excluding carboxylic acids is 1. The van der Waals surface area contributed by atoms with Crippen LogP contribution in [0.4, 0.5) is 0 Å². The highest BCUT2D eigenvalue weighted by atomic mass is 32.2. The fourth-order valence-electron chi connectivity index (χ4n) is 2.29. The summed E-state index contributed by atoms with van der Waals surface area (Å²) in [5.41, 5.74) is 2.61. The molecule has 0 amide bonds. The highest BCUT2D eigenvalue weighted by Crippen LogP contribution is 2.28. The lowest BCUT2D eigenvalue weighted by Crippen LogP contribution is -1.97. The summed E-state index contributed by atoms with van der Waals surface area (Å²) in [6.45, 7) is 1.56. The van der Waals surface area contributed by atoms with Crippen molar-refractivity contribution in [2.75, 3.05) is 7.11 Å². The Labute approximate surface area is 144 Å². The number of hydrogen-bond donors (Lipinski definition) is 1. The molecule has 0 atom stereocenters. The number of ketones is 1. The molecule has 24 heavy (non-hydrogen) atoms. The summed E-state index contributed by atoms with van der Waals surface area (Å²) in [5, 5.41) is 7.85. The van der Waals surface area contributed by atoms with E-state index in [1.54, 1.807) is 20.1 Å². The van der Waals surface area contributed by atoms with Crippen LogP contribution in [-0.4, -0.2) is 28.1 Å². The number of Topliss-reactive ketones (excluding diaryl/α,β-unsaturated/α-hetero) is 1. The molecule has 0 unspecified atom stereocenters. The number of hydrogen-bond acceptors (Lipinski definition) is 5. The Morgan fingerprint density at radius 2 is 2.00 bits per heavy atom. The largest absolute Gasteiger partial charge is 0.496 e. The Hall–Kier alpha value is -2.60. The SMILES string of the molecule is COc1ccc(C(C)=O)cc1CSc1n[nH]c(-c2ccccc2)n1. The minimum atomic E-state index is 0.0353. The summed E-state index contributed by atoms with van der Waals surface area (Å²) < 4.78 is 5.37. The van der Waals surface area contributed by atoms with Gasteiger partial charge >= 0.3 is 0 Å². The molecular weight excluding hydrogens is 322 g/mol. The number of carbonyl (C=O) groups is 1. The van der Waals surface area contributed by atoms with Gasteiger partial charge in [0, 0.05) is 22.4 Å². The van der Waals surface area contributed by atoms with Crippen molar-refractivity contribution in [1.82, 2.24) is 15.2 Å². The maximum absolute atomic E-state index is 11.6. The van der Waals surface area contributed by atoms with Gasteiger partial charge in [-0.1, -0.05) is 42.1 Å². The zero-order valence-corrected chi connectivity index (χ0v) is 14.3. The topological polar surface area (TPSA) is 67.9 Å². The number of benzene rings is 2. The molecule has 1 heterocycles. The van der Waals surface area contributed by atoms with Gasteiger partial charge in [-0.15, -0.1) is 5.10 Å². The highest BCUT2D eigenvalue weighted by Gasteiger charge is 2.10. The van der Waals surface area contributed by atoms with Crippen molar-refractivity contribution in [1.29, 1.82) is 0 Å². The monoisotopic (exact) mass is 339 g/mol. The summed E-state index contributed by atoms with van der Waals surface area (Å²) in [5.74, 6) is 2.15. The molecule has 0 aliphatic rings. The average Bonchev–Trinajstić information content (AvgIpc) is 3.09. The van der Waals surface area contributed by atoms with Crippen molar-refractivity contribution in [3.05, 3.63) is 59.7 Å². The van der Waals surface area contributed by atoms with Gasteiger partial charge in [0.15, 0.2) is 11.6 Å². The van der Waals surface area contributed by atoms with Crippen molar-refractivity contribution >= 4 is 17.5 Å². The molecule has 0 aliphatic heterocycles. The fraction of sp³-hybridized carbons (Fsp3) is 0.167. The molecule has 0 saturated carbocycles. The van der Waals surface area contributed by atoms with Crippen LogP contribution in [0.3, 0.4) is 0 Å². The number of aromatic nitrogens is 3. The van der Waals surface area contributed by atoms with E-state index in [9.17, 15) is 4.79 Å². The fourth-order valence-corrected chi connectivity index (χ4v) is 3.06. The Balaban J connectivity index is 1.75. The second-order valence-electron chi connectivity index (χ2n) is 5.20. The van der Waals surface area contributed by atoms with E-state index in [1.165, 1.54) is 11.8 Å².